The van der Waals surface area contributed by atoms with E-state index in [-0.39, 0.29) is 5.75 Å². The van der Waals surface area contributed by atoms with Gasteiger partial charge in [0.25, 0.3) is 0 Å². The van der Waals surface area contributed by atoms with Crippen molar-refractivity contribution in [1.29, 1.82) is 0 Å². The van der Waals surface area contributed by atoms with Crippen LogP contribution in [0.3, 0.4) is 0 Å². The van der Waals surface area contributed by atoms with E-state index in [4.69, 9.17) is 5.73 Å². The molecule has 18 heavy (non-hydrogen) atoms. The molecular formula is C11H17N3O3S. The summed E-state index contributed by atoms with van der Waals surface area (Å²) in [6.45, 7) is 2.31. The Hall–Kier alpha value is -1.76. The largest absolute Gasteiger partial charge is 0.399 e. The van der Waals surface area contributed by atoms with Crippen molar-refractivity contribution in [3.63, 3.8) is 0 Å². The Bertz CT molecular complexity index is 514. The van der Waals surface area contributed by atoms with E-state index >= 15 is 0 Å². The number of anilines is 1. The molecular weight excluding hydrogens is 254 g/mol. The zero-order valence-electron chi connectivity index (χ0n) is 10.1. The molecule has 0 aliphatic heterocycles. The number of nitrogens with one attached hydrogen (secondary N) is 2. The van der Waals surface area contributed by atoms with E-state index in [1.165, 1.54) is 0 Å². The monoisotopic (exact) mass is 271 g/mol. The molecule has 0 aliphatic carbocycles. The summed E-state index contributed by atoms with van der Waals surface area (Å²) in [5, 5.41) is 2.43. The zero-order chi connectivity index (χ0) is 13.6. The number of hydrogen-bond acceptors (Lipinski definition) is 4. The summed E-state index contributed by atoms with van der Waals surface area (Å²) in [7, 11) is -3.70. The average Bonchev–Trinajstić information content (AvgIpc) is 2.24. The molecule has 0 saturated heterocycles. The number of carbonyl (C=O) groups excluding carboxylic acids is 1. The van der Waals surface area contributed by atoms with Crippen LogP contribution in [0.1, 0.15) is 18.9 Å². The van der Waals surface area contributed by atoms with Gasteiger partial charge in [-0.2, -0.15) is 0 Å². The summed E-state index contributed by atoms with van der Waals surface area (Å²) in [4.78, 5) is 11.2. The molecule has 0 atom stereocenters. The van der Waals surface area contributed by atoms with Crippen LogP contribution in [-0.2, 0) is 15.8 Å². The van der Waals surface area contributed by atoms with E-state index in [2.05, 4.69) is 5.32 Å². The maximum absolute atomic E-state index is 11.7. The zero-order valence-corrected chi connectivity index (χ0v) is 11.0. The number of amides is 2. The van der Waals surface area contributed by atoms with Gasteiger partial charge in [-0.05, 0) is 24.1 Å². The number of urea groups is 1. The fourth-order valence-electron chi connectivity index (χ4n) is 1.35. The first-order valence-corrected chi connectivity index (χ1v) is 7.21. The van der Waals surface area contributed by atoms with Crippen molar-refractivity contribution in [3.05, 3.63) is 29.8 Å². The van der Waals surface area contributed by atoms with Crippen molar-refractivity contribution in [3.8, 4) is 0 Å². The topological polar surface area (TPSA) is 101 Å². The first-order chi connectivity index (χ1) is 8.43. The summed E-state index contributed by atoms with van der Waals surface area (Å²) in [5.41, 5.74) is 6.57. The molecule has 0 unspecified atom stereocenters. The van der Waals surface area contributed by atoms with Gasteiger partial charge < -0.3 is 11.1 Å². The molecule has 2 amide bonds. The lowest BCUT2D eigenvalue weighted by Gasteiger charge is -2.08. The van der Waals surface area contributed by atoms with Crippen LogP contribution in [0.5, 0.6) is 0 Å². The van der Waals surface area contributed by atoms with Gasteiger partial charge in [-0.3, -0.25) is 0 Å². The van der Waals surface area contributed by atoms with Crippen LogP contribution >= 0.6 is 0 Å². The predicted molar refractivity (Wildman–Crippen MR) is 70.3 cm³/mol. The molecule has 4 N–H and O–H groups in total. The van der Waals surface area contributed by atoms with E-state index in [9.17, 15) is 13.2 Å². The lowest BCUT2D eigenvalue weighted by Crippen LogP contribution is -2.40. The van der Waals surface area contributed by atoms with Crippen LogP contribution in [0.4, 0.5) is 10.5 Å². The number of rotatable bonds is 5. The summed E-state index contributed by atoms with van der Waals surface area (Å²) in [6, 6.07) is 5.82. The lowest BCUT2D eigenvalue weighted by atomic mass is 10.2. The summed E-state index contributed by atoms with van der Waals surface area (Å²) >= 11 is 0. The van der Waals surface area contributed by atoms with Gasteiger partial charge in [0.1, 0.15) is 0 Å². The van der Waals surface area contributed by atoms with Gasteiger partial charge in [0.2, 0.25) is 10.0 Å². The third-order valence-electron chi connectivity index (χ3n) is 2.09. The Morgan fingerprint density at radius 3 is 2.72 bits per heavy atom. The Kier molecular flexibility index (Phi) is 4.96. The number of sulfonamides is 1. The van der Waals surface area contributed by atoms with Gasteiger partial charge in [-0.25, -0.2) is 17.9 Å². The predicted octanol–water partition coefficient (Wildman–Crippen LogP) is 0.808. The summed E-state index contributed by atoms with van der Waals surface area (Å²) < 4.78 is 25.3. The minimum Gasteiger partial charge on any atom is -0.399 e. The van der Waals surface area contributed by atoms with E-state index in [0.717, 1.165) is 6.42 Å². The molecule has 0 saturated carbocycles. The number of hydrogen-bond donors (Lipinski definition) is 3. The van der Waals surface area contributed by atoms with Crippen LogP contribution in [0.25, 0.3) is 0 Å². The van der Waals surface area contributed by atoms with Crippen LogP contribution < -0.4 is 15.8 Å². The Morgan fingerprint density at radius 1 is 1.39 bits per heavy atom. The number of nitrogens with two attached hydrogens (primary N) is 1. The number of nitrogen functional groups attached to an aromatic ring is 1. The SMILES string of the molecule is CCCNC(=O)NS(=O)(=O)Cc1cccc(N)c1. The van der Waals surface area contributed by atoms with Gasteiger partial charge in [-0.15, -0.1) is 0 Å². The second-order valence-electron chi connectivity index (χ2n) is 3.86. The lowest BCUT2D eigenvalue weighted by molar-refractivity contribution is 0.246. The molecule has 0 radical (unpaired) electrons. The molecule has 1 rings (SSSR count). The molecule has 0 aliphatic rings. The number of carbonyl (C=O) groups is 1. The van der Waals surface area contributed by atoms with E-state index in [1.807, 2.05) is 11.6 Å². The summed E-state index contributed by atoms with van der Waals surface area (Å²) in [6.07, 6.45) is 0.739. The molecule has 1 aromatic rings. The first-order valence-electron chi connectivity index (χ1n) is 5.55. The highest BCUT2D eigenvalue weighted by atomic mass is 32.2. The van der Waals surface area contributed by atoms with Crippen molar-refractivity contribution in [2.24, 2.45) is 0 Å². The molecule has 6 nitrogen and oxygen atoms in total. The second-order valence-corrected chi connectivity index (χ2v) is 5.58. The van der Waals surface area contributed by atoms with Crippen molar-refractivity contribution in [2.45, 2.75) is 19.1 Å². The van der Waals surface area contributed by atoms with Crippen LogP contribution in [0.15, 0.2) is 24.3 Å². The average molecular weight is 271 g/mol. The Morgan fingerprint density at radius 2 is 2.11 bits per heavy atom. The maximum atomic E-state index is 11.7. The normalized spacial score (nSPS) is 10.9. The molecule has 7 heteroatoms. The van der Waals surface area contributed by atoms with Crippen molar-refractivity contribution < 1.29 is 13.2 Å². The van der Waals surface area contributed by atoms with E-state index < -0.39 is 16.1 Å². The first kappa shape index (κ1) is 14.3. The molecule has 0 heterocycles. The smallest absolute Gasteiger partial charge is 0.328 e. The molecule has 0 fully saturated rings. The fourth-order valence-corrected chi connectivity index (χ4v) is 2.40. The van der Waals surface area contributed by atoms with Crippen LogP contribution in [0, 0.1) is 0 Å². The fraction of sp³-hybridized carbons (Fsp3) is 0.364. The third-order valence-corrected chi connectivity index (χ3v) is 3.30. The van der Waals surface area contributed by atoms with Gasteiger partial charge in [0.15, 0.2) is 0 Å². The molecule has 100 valence electrons. The van der Waals surface area contributed by atoms with Gasteiger partial charge in [-0.1, -0.05) is 19.1 Å². The standard InChI is InChI=1S/C11H17N3O3S/c1-2-6-13-11(15)14-18(16,17)8-9-4-3-5-10(12)7-9/h3-5,7H,2,6,8,12H2,1H3,(H2,13,14,15). The van der Waals surface area contributed by atoms with E-state index in [0.29, 0.717) is 17.8 Å². The van der Waals surface area contributed by atoms with Gasteiger partial charge >= 0.3 is 6.03 Å². The molecule has 0 aromatic heterocycles. The molecule has 1 aromatic carbocycles. The number of benzene rings is 1. The highest BCUT2D eigenvalue weighted by molar-refractivity contribution is 7.89. The highest BCUT2D eigenvalue weighted by Crippen LogP contribution is 2.09. The second kappa shape index (κ2) is 6.25. The van der Waals surface area contributed by atoms with Crippen LogP contribution in [-0.4, -0.2) is 21.0 Å². The van der Waals surface area contributed by atoms with E-state index in [1.54, 1.807) is 24.3 Å². The van der Waals surface area contributed by atoms with Crippen molar-refractivity contribution in [2.75, 3.05) is 12.3 Å². The minimum absolute atomic E-state index is 0.280. The maximum Gasteiger partial charge on any atom is 0.328 e. The molecule has 0 spiro atoms. The Balaban J connectivity index is 2.62. The van der Waals surface area contributed by atoms with Gasteiger partial charge in [0, 0.05) is 12.2 Å². The van der Waals surface area contributed by atoms with Gasteiger partial charge in [0.05, 0.1) is 5.75 Å². The Labute approximate surface area is 107 Å². The van der Waals surface area contributed by atoms with Crippen molar-refractivity contribution >= 4 is 21.7 Å². The van der Waals surface area contributed by atoms with Crippen molar-refractivity contribution in [1.82, 2.24) is 10.0 Å². The highest BCUT2D eigenvalue weighted by Gasteiger charge is 2.14. The minimum atomic E-state index is -3.70. The third kappa shape index (κ3) is 5.05. The molecule has 0 bridgehead atoms. The summed E-state index contributed by atoms with van der Waals surface area (Å²) in [5.74, 6) is -0.280. The quantitative estimate of drug-likeness (QED) is 0.690. The van der Waals surface area contributed by atoms with Crippen LogP contribution in [0.2, 0.25) is 0 Å².